The molecule has 0 spiro atoms. The van der Waals surface area contributed by atoms with E-state index in [9.17, 15) is 4.79 Å². The summed E-state index contributed by atoms with van der Waals surface area (Å²) in [6.07, 6.45) is 0. The highest BCUT2D eigenvalue weighted by molar-refractivity contribution is 7.08. The van der Waals surface area contributed by atoms with Crippen molar-refractivity contribution in [2.75, 3.05) is 47.1 Å². The van der Waals surface area contributed by atoms with Crippen molar-refractivity contribution in [1.82, 2.24) is 10.2 Å². The monoisotopic (exact) mass is 376 g/mol. The maximum atomic E-state index is 12.4. The van der Waals surface area contributed by atoms with Crippen molar-refractivity contribution in [2.45, 2.75) is 6.04 Å². The molecule has 1 aromatic heterocycles. The summed E-state index contributed by atoms with van der Waals surface area (Å²) in [5.41, 5.74) is 1.78. The van der Waals surface area contributed by atoms with Gasteiger partial charge in [0, 0.05) is 30.6 Å². The van der Waals surface area contributed by atoms with Crippen LogP contribution < -0.4 is 14.8 Å². The van der Waals surface area contributed by atoms with E-state index in [4.69, 9.17) is 14.2 Å². The van der Waals surface area contributed by atoms with E-state index in [2.05, 4.69) is 10.2 Å². The van der Waals surface area contributed by atoms with Crippen molar-refractivity contribution >= 4 is 17.2 Å². The fourth-order valence-electron chi connectivity index (χ4n) is 3.09. The Morgan fingerprint density at radius 3 is 2.65 bits per heavy atom. The molecule has 1 amide bonds. The number of carbonyl (C=O) groups is 1. The maximum absolute atomic E-state index is 12.4. The molecule has 1 atom stereocenters. The van der Waals surface area contributed by atoms with Crippen LogP contribution in [-0.4, -0.2) is 57.9 Å². The summed E-state index contributed by atoms with van der Waals surface area (Å²) in [6.45, 7) is 3.56. The Kier molecular flexibility index (Phi) is 6.49. The smallest absolute Gasteiger partial charge is 0.252 e. The third-order valence-corrected chi connectivity index (χ3v) is 5.20. The number of thiophene rings is 1. The van der Waals surface area contributed by atoms with E-state index in [1.54, 1.807) is 14.2 Å². The minimum Gasteiger partial charge on any atom is -0.493 e. The van der Waals surface area contributed by atoms with Gasteiger partial charge in [-0.05, 0) is 29.1 Å². The minimum absolute atomic E-state index is 0.0429. The summed E-state index contributed by atoms with van der Waals surface area (Å²) in [4.78, 5) is 14.7. The van der Waals surface area contributed by atoms with Crippen molar-refractivity contribution in [3.05, 3.63) is 46.2 Å². The number of nitrogens with zero attached hydrogens (tertiary/aromatic N) is 1. The molecule has 0 bridgehead atoms. The van der Waals surface area contributed by atoms with E-state index >= 15 is 0 Å². The van der Waals surface area contributed by atoms with Crippen LogP contribution in [0.1, 0.15) is 22.0 Å². The minimum atomic E-state index is -0.0509. The van der Waals surface area contributed by atoms with E-state index in [0.29, 0.717) is 36.8 Å². The molecule has 1 unspecified atom stereocenters. The van der Waals surface area contributed by atoms with Gasteiger partial charge in [-0.1, -0.05) is 6.07 Å². The number of methoxy groups -OCH3 is 2. The quantitative estimate of drug-likeness (QED) is 0.805. The zero-order chi connectivity index (χ0) is 18.4. The molecular formula is C19H24N2O4S. The molecule has 7 heteroatoms. The molecule has 1 saturated heterocycles. The van der Waals surface area contributed by atoms with Crippen LogP contribution in [0.5, 0.6) is 11.5 Å². The molecule has 140 valence electrons. The number of benzene rings is 1. The lowest BCUT2D eigenvalue weighted by Crippen LogP contribution is -2.43. The van der Waals surface area contributed by atoms with Crippen LogP contribution in [0.4, 0.5) is 0 Å². The SMILES string of the molecule is COc1ccc(C(CNC(=O)c2ccsc2)N2CCOCC2)cc1OC. The van der Waals surface area contributed by atoms with Crippen molar-refractivity contribution in [3.8, 4) is 11.5 Å². The van der Waals surface area contributed by atoms with Crippen LogP contribution in [0.2, 0.25) is 0 Å². The third-order valence-electron chi connectivity index (χ3n) is 4.52. The maximum Gasteiger partial charge on any atom is 0.252 e. The highest BCUT2D eigenvalue weighted by atomic mass is 32.1. The van der Waals surface area contributed by atoms with E-state index in [1.165, 1.54) is 11.3 Å². The van der Waals surface area contributed by atoms with E-state index in [1.807, 2.05) is 35.0 Å². The Morgan fingerprint density at radius 2 is 2.00 bits per heavy atom. The molecule has 26 heavy (non-hydrogen) atoms. The second-order valence-electron chi connectivity index (χ2n) is 6.00. The predicted octanol–water partition coefficient (Wildman–Crippen LogP) is 2.57. The van der Waals surface area contributed by atoms with Crippen LogP contribution >= 0.6 is 11.3 Å². The molecule has 2 heterocycles. The number of carbonyl (C=O) groups excluding carboxylic acids is 1. The second kappa shape index (κ2) is 9.02. The van der Waals surface area contributed by atoms with Gasteiger partial charge in [-0.3, -0.25) is 9.69 Å². The molecule has 6 nitrogen and oxygen atoms in total. The molecule has 1 aliphatic heterocycles. The molecule has 1 aromatic carbocycles. The first kappa shape index (κ1) is 18.7. The molecule has 3 rings (SSSR count). The molecule has 0 radical (unpaired) electrons. The van der Waals surface area contributed by atoms with Crippen LogP contribution in [0.15, 0.2) is 35.0 Å². The number of rotatable bonds is 7. The summed E-state index contributed by atoms with van der Waals surface area (Å²) in [6, 6.07) is 7.79. The van der Waals surface area contributed by atoms with Gasteiger partial charge >= 0.3 is 0 Å². The van der Waals surface area contributed by atoms with Gasteiger partial charge in [-0.2, -0.15) is 11.3 Å². The molecule has 0 saturated carbocycles. The number of ether oxygens (including phenoxy) is 3. The summed E-state index contributed by atoms with van der Waals surface area (Å²) in [5.74, 6) is 1.33. The van der Waals surface area contributed by atoms with E-state index < -0.39 is 0 Å². The van der Waals surface area contributed by atoms with Gasteiger partial charge in [0.05, 0.1) is 33.5 Å². The average Bonchev–Trinajstić information content (AvgIpc) is 3.23. The van der Waals surface area contributed by atoms with E-state index in [0.717, 1.165) is 18.7 Å². The number of nitrogens with one attached hydrogen (secondary N) is 1. The molecule has 1 aliphatic rings. The lowest BCUT2D eigenvalue weighted by Gasteiger charge is -2.35. The summed E-state index contributed by atoms with van der Waals surface area (Å²) >= 11 is 1.52. The fourth-order valence-corrected chi connectivity index (χ4v) is 3.73. The lowest BCUT2D eigenvalue weighted by atomic mass is 10.0. The Morgan fingerprint density at radius 1 is 1.23 bits per heavy atom. The zero-order valence-electron chi connectivity index (χ0n) is 15.1. The number of amides is 1. The van der Waals surface area contributed by atoms with Gasteiger partial charge in [0.1, 0.15) is 0 Å². The topological polar surface area (TPSA) is 60.0 Å². The second-order valence-corrected chi connectivity index (χ2v) is 6.78. The largest absolute Gasteiger partial charge is 0.493 e. The molecule has 1 fully saturated rings. The van der Waals surface area contributed by atoms with Crippen LogP contribution in [0, 0.1) is 0 Å². The predicted molar refractivity (Wildman–Crippen MR) is 101 cm³/mol. The van der Waals surface area contributed by atoms with Crippen molar-refractivity contribution in [3.63, 3.8) is 0 Å². The Bertz CT molecular complexity index is 714. The Labute approximate surface area is 157 Å². The Hall–Kier alpha value is -2.09. The van der Waals surface area contributed by atoms with Crippen molar-refractivity contribution in [1.29, 1.82) is 0 Å². The third kappa shape index (κ3) is 4.35. The van der Waals surface area contributed by atoms with Crippen molar-refractivity contribution in [2.24, 2.45) is 0 Å². The highest BCUT2D eigenvalue weighted by Crippen LogP contribution is 2.32. The first-order valence-electron chi connectivity index (χ1n) is 8.57. The van der Waals surface area contributed by atoms with Gasteiger partial charge in [0.15, 0.2) is 11.5 Å². The van der Waals surface area contributed by atoms with Gasteiger partial charge in [-0.15, -0.1) is 0 Å². The fraction of sp³-hybridized carbons (Fsp3) is 0.421. The Balaban J connectivity index is 1.79. The van der Waals surface area contributed by atoms with Crippen molar-refractivity contribution < 1.29 is 19.0 Å². The van der Waals surface area contributed by atoms with Gasteiger partial charge < -0.3 is 19.5 Å². The van der Waals surface area contributed by atoms with Crippen LogP contribution in [-0.2, 0) is 4.74 Å². The molecule has 0 aliphatic carbocycles. The van der Waals surface area contributed by atoms with Crippen LogP contribution in [0.3, 0.4) is 0 Å². The standard InChI is InChI=1S/C19H24N2O4S/c1-23-17-4-3-14(11-18(17)24-2)16(21-6-8-25-9-7-21)12-20-19(22)15-5-10-26-13-15/h3-5,10-11,13,16H,6-9,12H2,1-2H3,(H,20,22). The van der Waals surface area contributed by atoms with Gasteiger partial charge in [0.2, 0.25) is 0 Å². The highest BCUT2D eigenvalue weighted by Gasteiger charge is 2.24. The first-order valence-corrected chi connectivity index (χ1v) is 9.51. The molecular weight excluding hydrogens is 352 g/mol. The van der Waals surface area contributed by atoms with Gasteiger partial charge in [0.25, 0.3) is 5.91 Å². The normalized spacial score (nSPS) is 16.1. The molecule has 2 aromatic rings. The van der Waals surface area contributed by atoms with Gasteiger partial charge in [-0.25, -0.2) is 0 Å². The average molecular weight is 376 g/mol. The first-order chi connectivity index (χ1) is 12.7. The summed E-state index contributed by atoms with van der Waals surface area (Å²) in [7, 11) is 3.25. The lowest BCUT2D eigenvalue weighted by molar-refractivity contribution is 0.0162. The summed E-state index contributed by atoms with van der Waals surface area (Å²) in [5, 5.41) is 6.82. The zero-order valence-corrected chi connectivity index (χ0v) is 15.9. The number of hydrogen-bond donors (Lipinski definition) is 1. The van der Waals surface area contributed by atoms with Crippen LogP contribution in [0.25, 0.3) is 0 Å². The number of hydrogen-bond acceptors (Lipinski definition) is 6. The summed E-state index contributed by atoms with van der Waals surface area (Å²) < 4.78 is 16.3. The number of morpholine rings is 1. The molecule has 1 N–H and O–H groups in total. The van der Waals surface area contributed by atoms with E-state index in [-0.39, 0.29) is 11.9 Å².